The molecule has 1 heterocycles. The maximum Gasteiger partial charge on any atom is 0.0941 e. The zero-order chi connectivity index (χ0) is 12.4. The predicted molar refractivity (Wildman–Crippen MR) is 81.2 cm³/mol. The van der Waals surface area contributed by atoms with E-state index in [0.717, 1.165) is 22.8 Å². The number of nitrogens with zero attached hydrogens (tertiary/aromatic N) is 1. The number of aromatic nitrogens is 1. The number of rotatable bonds is 3. The molecule has 3 heteroatoms. The summed E-state index contributed by atoms with van der Waals surface area (Å²) < 4.78 is 2.42. The van der Waals surface area contributed by atoms with Gasteiger partial charge in [-0.25, -0.2) is 4.98 Å². The van der Waals surface area contributed by atoms with Crippen LogP contribution in [0, 0.1) is 0 Å². The molecule has 0 aliphatic heterocycles. The van der Waals surface area contributed by atoms with E-state index in [9.17, 15) is 0 Å². The third-order valence-electron chi connectivity index (χ3n) is 2.85. The normalized spacial score (nSPS) is 10.9. The Morgan fingerprint density at radius 1 is 1.00 bits per heavy atom. The van der Waals surface area contributed by atoms with Gasteiger partial charge in [0.25, 0.3) is 0 Å². The number of halogens is 1. The fourth-order valence-corrected chi connectivity index (χ4v) is 3.38. The third kappa shape index (κ3) is 2.62. The molecule has 2 aromatic carbocycles. The summed E-state index contributed by atoms with van der Waals surface area (Å²) in [4.78, 5) is 4.66. The maximum atomic E-state index is 4.66. The second kappa shape index (κ2) is 5.21. The number of benzene rings is 2. The molecule has 0 radical (unpaired) electrons. The zero-order valence-electron chi connectivity index (χ0n) is 9.77. The minimum atomic E-state index is 1.01. The quantitative estimate of drug-likeness (QED) is 0.673. The van der Waals surface area contributed by atoms with Crippen LogP contribution in [0.1, 0.15) is 10.6 Å². The summed E-state index contributed by atoms with van der Waals surface area (Å²) in [5.41, 5.74) is 2.47. The van der Waals surface area contributed by atoms with E-state index in [0.29, 0.717) is 0 Å². The Labute approximate surface area is 119 Å². The predicted octanol–water partition coefficient (Wildman–Crippen LogP) is 4.84. The Bertz CT molecular complexity index is 642. The van der Waals surface area contributed by atoms with E-state index in [1.54, 1.807) is 11.3 Å². The van der Waals surface area contributed by atoms with Crippen LogP contribution in [0.5, 0.6) is 0 Å². The van der Waals surface area contributed by atoms with Gasteiger partial charge in [0.1, 0.15) is 0 Å². The van der Waals surface area contributed by atoms with Gasteiger partial charge in [-0.3, -0.25) is 0 Å². The zero-order valence-corrected chi connectivity index (χ0v) is 12.2. The highest BCUT2D eigenvalue weighted by Gasteiger charge is 2.03. The fraction of sp³-hybridized carbons (Fsp3) is 0.133. The van der Waals surface area contributed by atoms with E-state index in [1.807, 2.05) is 6.07 Å². The summed E-state index contributed by atoms with van der Waals surface area (Å²) in [7, 11) is 0. The van der Waals surface area contributed by atoms with Crippen molar-refractivity contribution in [2.24, 2.45) is 0 Å². The van der Waals surface area contributed by atoms with E-state index in [1.165, 1.54) is 15.3 Å². The molecular weight excluding hydrogens is 306 g/mol. The van der Waals surface area contributed by atoms with Crippen LogP contribution in [0.15, 0.2) is 53.0 Å². The highest BCUT2D eigenvalue weighted by Crippen LogP contribution is 2.23. The molecule has 1 aromatic heterocycles. The Morgan fingerprint density at radius 3 is 2.72 bits per heavy atom. The average molecular weight is 318 g/mol. The second-order valence-electron chi connectivity index (χ2n) is 4.21. The van der Waals surface area contributed by atoms with E-state index < -0.39 is 0 Å². The van der Waals surface area contributed by atoms with Gasteiger partial charge < -0.3 is 0 Å². The second-order valence-corrected chi connectivity index (χ2v) is 6.24. The molecule has 0 N–H and O–H groups in total. The fourth-order valence-electron chi connectivity index (χ4n) is 1.97. The van der Waals surface area contributed by atoms with Gasteiger partial charge in [0, 0.05) is 10.9 Å². The number of hydrogen-bond donors (Lipinski definition) is 0. The van der Waals surface area contributed by atoms with E-state index in [4.69, 9.17) is 0 Å². The molecule has 3 aromatic rings. The summed E-state index contributed by atoms with van der Waals surface area (Å²) >= 11 is 5.30. The number of hydrogen-bond acceptors (Lipinski definition) is 2. The first-order valence-electron chi connectivity index (χ1n) is 5.90. The van der Waals surface area contributed by atoms with Crippen molar-refractivity contribution in [2.45, 2.75) is 12.8 Å². The van der Waals surface area contributed by atoms with Crippen LogP contribution in [0.25, 0.3) is 10.2 Å². The smallest absolute Gasteiger partial charge is 0.0941 e. The van der Waals surface area contributed by atoms with Crippen molar-refractivity contribution in [2.75, 3.05) is 0 Å². The van der Waals surface area contributed by atoms with Gasteiger partial charge in [-0.05, 0) is 36.2 Å². The molecule has 0 spiro atoms. The Kier molecular flexibility index (Phi) is 3.43. The third-order valence-corrected chi connectivity index (χ3v) is 4.44. The van der Waals surface area contributed by atoms with Crippen LogP contribution in [-0.4, -0.2) is 4.98 Å². The minimum Gasteiger partial charge on any atom is -0.241 e. The van der Waals surface area contributed by atoms with Crippen molar-refractivity contribution in [1.29, 1.82) is 0 Å². The van der Waals surface area contributed by atoms with Crippen molar-refractivity contribution in [3.05, 3.63) is 63.6 Å². The number of aryl methyl sites for hydroxylation is 2. The summed E-state index contributed by atoms with van der Waals surface area (Å²) in [5, 5.41) is 1.22. The van der Waals surface area contributed by atoms with Gasteiger partial charge in [-0.1, -0.05) is 40.2 Å². The van der Waals surface area contributed by atoms with Gasteiger partial charge in [0.15, 0.2) is 0 Å². The molecule has 18 heavy (non-hydrogen) atoms. The maximum absolute atomic E-state index is 4.66. The molecule has 0 aliphatic rings. The Balaban J connectivity index is 1.76. The van der Waals surface area contributed by atoms with Gasteiger partial charge in [-0.2, -0.15) is 0 Å². The number of thiazole rings is 1. The lowest BCUT2D eigenvalue weighted by atomic mass is 10.1. The lowest BCUT2D eigenvalue weighted by molar-refractivity contribution is 0.948. The first kappa shape index (κ1) is 11.9. The first-order valence-corrected chi connectivity index (χ1v) is 7.51. The highest BCUT2D eigenvalue weighted by atomic mass is 79.9. The highest BCUT2D eigenvalue weighted by molar-refractivity contribution is 9.10. The average Bonchev–Trinajstić information content (AvgIpc) is 2.79. The van der Waals surface area contributed by atoms with Crippen LogP contribution in [0.3, 0.4) is 0 Å². The molecule has 1 nitrogen and oxygen atoms in total. The van der Waals surface area contributed by atoms with Crippen molar-refractivity contribution in [3.63, 3.8) is 0 Å². The van der Waals surface area contributed by atoms with Crippen LogP contribution in [0.4, 0.5) is 0 Å². The molecule has 0 aliphatic carbocycles. The minimum absolute atomic E-state index is 1.01. The van der Waals surface area contributed by atoms with E-state index in [-0.39, 0.29) is 0 Å². The standard InChI is InChI=1S/C15H12BrNS/c16-12-5-3-4-11(10-12)8-9-15-17-13-6-1-2-7-14(13)18-15/h1-7,10H,8-9H2. The molecule has 0 atom stereocenters. The lowest BCUT2D eigenvalue weighted by Crippen LogP contribution is -1.90. The Hall–Kier alpha value is -1.19. The molecule has 90 valence electrons. The van der Waals surface area contributed by atoms with Crippen LogP contribution in [0.2, 0.25) is 0 Å². The largest absolute Gasteiger partial charge is 0.241 e. The Morgan fingerprint density at radius 2 is 1.89 bits per heavy atom. The topological polar surface area (TPSA) is 12.9 Å². The molecular formula is C15H12BrNS. The van der Waals surface area contributed by atoms with Crippen LogP contribution in [-0.2, 0) is 12.8 Å². The summed E-state index contributed by atoms with van der Waals surface area (Å²) in [6, 6.07) is 16.8. The van der Waals surface area contributed by atoms with Gasteiger partial charge in [-0.15, -0.1) is 11.3 Å². The molecule has 0 bridgehead atoms. The van der Waals surface area contributed by atoms with Crippen molar-refractivity contribution >= 4 is 37.5 Å². The molecule has 0 fully saturated rings. The number of fused-ring (bicyclic) bond motifs is 1. The summed E-state index contributed by atoms with van der Waals surface area (Å²) in [6.07, 6.45) is 2.05. The van der Waals surface area contributed by atoms with E-state index in [2.05, 4.69) is 63.4 Å². The van der Waals surface area contributed by atoms with Crippen molar-refractivity contribution in [1.82, 2.24) is 4.98 Å². The van der Waals surface area contributed by atoms with Crippen LogP contribution >= 0.6 is 27.3 Å². The molecule has 0 saturated carbocycles. The van der Waals surface area contributed by atoms with Gasteiger partial charge in [0.05, 0.1) is 15.2 Å². The lowest BCUT2D eigenvalue weighted by Gasteiger charge is -1.99. The number of para-hydroxylation sites is 1. The van der Waals surface area contributed by atoms with Gasteiger partial charge >= 0.3 is 0 Å². The summed E-state index contributed by atoms with van der Waals surface area (Å²) in [5.74, 6) is 0. The molecule has 3 rings (SSSR count). The van der Waals surface area contributed by atoms with Crippen molar-refractivity contribution in [3.8, 4) is 0 Å². The van der Waals surface area contributed by atoms with Crippen molar-refractivity contribution < 1.29 is 0 Å². The van der Waals surface area contributed by atoms with E-state index >= 15 is 0 Å². The van der Waals surface area contributed by atoms with Gasteiger partial charge in [0.2, 0.25) is 0 Å². The SMILES string of the molecule is Brc1cccc(CCc2nc3ccccc3s2)c1. The summed E-state index contributed by atoms with van der Waals surface area (Å²) in [6.45, 7) is 0. The molecule has 0 amide bonds. The first-order chi connectivity index (χ1) is 8.81. The van der Waals surface area contributed by atoms with Crippen LogP contribution < -0.4 is 0 Å². The molecule has 0 saturated heterocycles. The monoisotopic (exact) mass is 317 g/mol. The molecule has 0 unspecified atom stereocenters.